The number of carbonyl (C=O) groups excluding carboxylic acids is 2. The van der Waals surface area contributed by atoms with Gasteiger partial charge in [0.25, 0.3) is 5.91 Å². The predicted octanol–water partition coefficient (Wildman–Crippen LogP) is 3.96. The molecule has 7 heteroatoms. The van der Waals surface area contributed by atoms with Gasteiger partial charge in [-0.05, 0) is 31.4 Å². The van der Waals surface area contributed by atoms with Crippen molar-refractivity contribution in [1.29, 1.82) is 0 Å². The first kappa shape index (κ1) is 19.8. The first-order valence-electron chi connectivity index (χ1n) is 10.0. The van der Waals surface area contributed by atoms with E-state index in [1.54, 1.807) is 6.92 Å². The Kier molecular flexibility index (Phi) is 5.11. The van der Waals surface area contributed by atoms with Crippen molar-refractivity contribution in [3.8, 4) is 11.4 Å². The van der Waals surface area contributed by atoms with Crippen molar-refractivity contribution in [2.24, 2.45) is 0 Å². The molecule has 154 valence electrons. The minimum absolute atomic E-state index is 0.0764. The Morgan fingerprint density at radius 3 is 2.43 bits per heavy atom. The second kappa shape index (κ2) is 7.74. The van der Waals surface area contributed by atoms with Crippen LogP contribution in [0.5, 0.6) is 0 Å². The topological polar surface area (TPSA) is 88.3 Å². The van der Waals surface area contributed by atoms with Crippen molar-refractivity contribution in [3.63, 3.8) is 0 Å². The van der Waals surface area contributed by atoms with E-state index >= 15 is 0 Å². The number of carbonyl (C=O) groups is 2. The summed E-state index contributed by atoms with van der Waals surface area (Å²) in [5.41, 5.74) is 2.76. The van der Waals surface area contributed by atoms with Crippen LogP contribution in [0.4, 0.5) is 4.79 Å². The molecule has 0 spiro atoms. The van der Waals surface area contributed by atoms with Crippen LogP contribution in [0.1, 0.15) is 42.8 Å². The van der Waals surface area contributed by atoms with Crippen molar-refractivity contribution in [2.75, 3.05) is 0 Å². The van der Waals surface area contributed by atoms with E-state index in [9.17, 15) is 9.59 Å². The first-order chi connectivity index (χ1) is 14.4. The normalized spacial score (nSPS) is 18.7. The molecule has 2 heterocycles. The number of amides is 3. The van der Waals surface area contributed by atoms with Crippen LogP contribution in [0.3, 0.4) is 0 Å². The summed E-state index contributed by atoms with van der Waals surface area (Å²) in [5, 5.41) is 6.78. The Bertz CT molecular complexity index is 1070. The third-order valence-corrected chi connectivity index (χ3v) is 5.42. The predicted molar refractivity (Wildman–Crippen MR) is 111 cm³/mol. The monoisotopic (exact) mass is 404 g/mol. The van der Waals surface area contributed by atoms with Crippen molar-refractivity contribution in [3.05, 3.63) is 71.1 Å². The fourth-order valence-corrected chi connectivity index (χ4v) is 3.60. The van der Waals surface area contributed by atoms with E-state index in [2.05, 4.69) is 22.4 Å². The average molecular weight is 404 g/mol. The second-order valence-corrected chi connectivity index (χ2v) is 7.77. The fraction of sp³-hybridized carbons (Fsp3) is 0.304. The van der Waals surface area contributed by atoms with Crippen molar-refractivity contribution >= 4 is 11.9 Å². The van der Waals surface area contributed by atoms with E-state index in [-0.39, 0.29) is 18.3 Å². The molecule has 1 aliphatic heterocycles. The minimum Gasteiger partial charge on any atom is -0.337 e. The van der Waals surface area contributed by atoms with Gasteiger partial charge in [-0.25, -0.2) is 4.79 Å². The highest BCUT2D eigenvalue weighted by Crippen LogP contribution is 2.30. The Labute approximate surface area is 175 Å². The lowest BCUT2D eigenvalue weighted by Crippen LogP contribution is -2.40. The molecule has 0 bridgehead atoms. The Balaban J connectivity index is 1.52. The third-order valence-electron chi connectivity index (χ3n) is 5.42. The largest absolute Gasteiger partial charge is 0.337 e. The van der Waals surface area contributed by atoms with Gasteiger partial charge in [-0.3, -0.25) is 9.69 Å². The molecule has 7 nitrogen and oxygen atoms in total. The number of aromatic nitrogens is 2. The summed E-state index contributed by atoms with van der Waals surface area (Å²) >= 11 is 0. The maximum Gasteiger partial charge on any atom is 0.325 e. The minimum atomic E-state index is -1.12. The number of nitrogens with one attached hydrogen (secondary N) is 1. The Morgan fingerprint density at radius 2 is 1.77 bits per heavy atom. The standard InChI is InChI=1S/C23H24N4O3/c1-4-5-16-8-12-18(13-9-16)23(3)21(28)27(22(29)25-23)14-19-24-20(26-30-19)17-10-6-15(2)7-11-17/h6-13H,4-5,14H2,1-3H3,(H,25,29). The number of benzene rings is 2. The number of aryl methyl sites for hydroxylation is 2. The summed E-state index contributed by atoms with van der Waals surface area (Å²) in [5.74, 6) is 0.286. The lowest BCUT2D eigenvalue weighted by molar-refractivity contribution is -0.131. The SMILES string of the molecule is CCCc1ccc(C2(C)NC(=O)N(Cc3nc(-c4ccc(C)cc4)no3)C2=O)cc1. The molecule has 0 radical (unpaired) electrons. The molecule has 1 fully saturated rings. The van der Waals surface area contributed by atoms with Gasteiger partial charge < -0.3 is 9.84 Å². The van der Waals surface area contributed by atoms with E-state index < -0.39 is 11.6 Å². The van der Waals surface area contributed by atoms with Crippen LogP contribution in [-0.4, -0.2) is 27.0 Å². The quantitative estimate of drug-likeness (QED) is 0.628. The highest BCUT2D eigenvalue weighted by Gasteiger charge is 2.49. The first-order valence-corrected chi connectivity index (χ1v) is 10.0. The molecule has 3 amide bonds. The highest BCUT2D eigenvalue weighted by molar-refractivity contribution is 6.07. The smallest absolute Gasteiger partial charge is 0.325 e. The van der Waals surface area contributed by atoms with Crippen LogP contribution in [0.2, 0.25) is 0 Å². The van der Waals surface area contributed by atoms with E-state index in [0.29, 0.717) is 5.82 Å². The van der Waals surface area contributed by atoms with E-state index in [1.807, 2.05) is 55.5 Å². The molecule has 1 aliphatic rings. The number of hydrogen-bond donors (Lipinski definition) is 1. The molecular weight excluding hydrogens is 380 g/mol. The molecule has 1 N–H and O–H groups in total. The molecule has 3 aromatic rings. The van der Waals surface area contributed by atoms with Gasteiger partial charge in [0, 0.05) is 5.56 Å². The summed E-state index contributed by atoms with van der Waals surface area (Å²) in [7, 11) is 0. The van der Waals surface area contributed by atoms with E-state index in [1.165, 1.54) is 5.56 Å². The summed E-state index contributed by atoms with van der Waals surface area (Å²) in [6, 6.07) is 15.0. The lowest BCUT2D eigenvalue weighted by Gasteiger charge is -2.22. The van der Waals surface area contributed by atoms with Crippen LogP contribution in [0.15, 0.2) is 53.1 Å². The van der Waals surface area contributed by atoms with Gasteiger partial charge >= 0.3 is 6.03 Å². The van der Waals surface area contributed by atoms with Gasteiger partial charge in [0.05, 0.1) is 0 Å². The zero-order chi connectivity index (χ0) is 21.3. The van der Waals surface area contributed by atoms with E-state index in [4.69, 9.17) is 4.52 Å². The third kappa shape index (κ3) is 3.58. The van der Waals surface area contributed by atoms with Crippen LogP contribution >= 0.6 is 0 Å². The van der Waals surface area contributed by atoms with Crippen LogP contribution < -0.4 is 5.32 Å². The lowest BCUT2D eigenvalue weighted by atomic mass is 9.91. The Hall–Kier alpha value is -3.48. The molecule has 0 saturated carbocycles. The van der Waals surface area contributed by atoms with Gasteiger partial charge in [-0.1, -0.05) is 72.6 Å². The molecular formula is C23H24N4O3. The molecule has 0 aliphatic carbocycles. The van der Waals surface area contributed by atoms with Gasteiger partial charge in [0.15, 0.2) is 0 Å². The summed E-state index contributed by atoms with van der Waals surface area (Å²) in [4.78, 5) is 31.1. The zero-order valence-electron chi connectivity index (χ0n) is 17.3. The highest BCUT2D eigenvalue weighted by atomic mass is 16.5. The van der Waals surface area contributed by atoms with Gasteiger partial charge in [-0.2, -0.15) is 4.98 Å². The van der Waals surface area contributed by atoms with Crippen LogP contribution in [0.25, 0.3) is 11.4 Å². The van der Waals surface area contributed by atoms with Crippen LogP contribution in [-0.2, 0) is 23.3 Å². The maximum absolute atomic E-state index is 13.1. The van der Waals surface area contributed by atoms with Crippen molar-refractivity contribution in [1.82, 2.24) is 20.4 Å². The summed E-state index contributed by atoms with van der Waals surface area (Å²) in [6.45, 7) is 5.76. The number of rotatable bonds is 6. The molecule has 4 rings (SSSR count). The van der Waals surface area contributed by atoms with Crippen LogP contribution in [0, 0.1) is 6.92 Å². The fourth-order valence-electron chi connectivity index (χ4n) is 3.60. The second-order valence-electron chi connectivity index (χ2n) is 7.77. The summed E-state index contributed by atoms with van der Waals surface area (Å²) in [6.07, 6.45) is 2.03. The molecule has 30 heavy (non-hydrogen) atoms. The van der Waals surface area contributed by atoms with Gasteiger partial charge in [-0.15, -0.1) is 0 Å². The van der Waals surface area contributed by atoms with Gasteiger partial charge in [0.2, 0.25) is 11.7 Å². The number of urea groups is 1. The number of hydrogen-bond acceptors (Lipinski definition) is 5. The van der Waals surface area contributed by atoms with Crippen molar-refractivity contribution in [2.45, 2.75) is 45.7 Å². The van der Waals surface area contributed by atoms with E-state index in [0.717, 1.165) is 34.4 Å². The summed E-state index contributed by atoms with van der Waals surface area (Å²) < 4.78 is 5.29. The molecule has 1 unspecified atom stereocenters. The molecule has 1 aromatic heterocycles. The molecule has 1 saturated heterocycles. The zero-order valence-corrected chi connectivity index (χ0v) is 17.3. The molecule has 1 atom stereocenters. The average Bonchev–Trinajstić information content (AvgIpc) is 3.29. The maximum atomic E-state index is 13.1. The number of nitrogens with zero attached hydrogens (tertiary/aromatic N) is 3. The van der Waals surface area contributed by atoms with Gasteiger partial charge in [0.1, 0.15) is 12.1 Å². The molecule has 2 aromatic carbocycles. The Morgan fingerprint density at radius 1 is 1.07 bits per heavy atom. The van der Waals surface area contributed by atoms with Crippen molar-refractivity contribution < 1.29 is 14.1 Å². The number of imide groups is 1.